The summed E-state index contributed by atoms with van der Waals surface area (Å²) < 4.78 is 77.0. The van der Waals surface area contributed by atoms with Crippen LogP contribution in [0.4, 0.5) is 22.0 Å². The van der Waals surface area contributed by atoms with Gasteiger partial charge in [-0.25, -0.2) is 13.5 Å². The van der Waals surface area contributed by atoms with E-state index in [4.69, 9.17) is 16.1 Å². The third-order valence-electron chi connectivity index (χ3n) is 4.83. The number of alkyl halides is 3. The molecular weight excluding hydrogens is 513 g/mol. The molecule has 0 saturated heterocycles. The third-order valence-corrected chi connectivity index (χ3v) is 5.15. The van der Waals surface area contributed by atoms with Gasteiger partial charge in [0.15, 0.2) is 11.5 Å². The number of para-hydroxylation sites is 1. The Morgan fingerprint density at radius 1 is 1.03 bits per heavy atom. The van der Waals surface area contributed by atoms with Gasteiger partial charge in [0, 0.05) is 6.92 Å². The Morgan fingerprint density at radius 2 is 1.72 bits per heavy atom. The molecule has 0 spiro atoms. The van der Waals surface area contributed by atoms with Crippen molar-refractivity contribution in [3.8, 4) is 28.3 Å². The summed E-state index contributed by atoms with van der Waals surface area (Å²) in [6, 6.07) is 8.11. The molecular formula is C22H13ClF5N5O3. The molecule has 2 aromatic carbocycles. The number of hydrogen-bond donors (Lipinski definition) is 2. The molecule has 0 aliphatic carbocycles. The van der Waals surface area contributed by atoms with E-state index in [2.05, 4.69) is 10.3 Å². The number of halogens is 6. The average molecular weight is 526 g/mol. The lowest BCUT2D eigenvalue weighted by Crippen LogP contribution is -2.40. The van der Waals surface area contributed by atoms with E-state index in [-0.39, 0.29) is 5.02 Å². The van der Waals surface area contributed by atoms with Gasteiger partial charge in [0.25, 0.3) is 5.91 Å². The number of rotatable bonds is 4. The van der Waals surface area contributed by atoms with Crippen LogP contribution in [-0.4, -0.2) is 26.8 Å². The monoisotopic (exact) mass is 525 g/mol. The van der Waals surface area contributed by atoms with Crippen LogP contribution >= 0.6 is 11.6 Å². The lowest BCUT2D eigenvalue weighted by Gasteiger charge is -2.13. The van der Waals surface area contributed by atoms with Crippen molar-refractivity contribution in [3.63, 3.8) is 0 Å². The van der Waals surface area contributed by atoms with Crippen LogP contribution in [0.3, 0.4) is 0 Å². The molecule has 4 rings (SSSR count). The van der Waals surface area contributed by atoms with Crippen LogP contribution in [0.5, 0.6) is 0 Å². The first-order valence-corrected chi connectivity index (χ1v) is 10.3. The molecule has 8 nitrogen and oxygen atoms in total. The van der Waals surface area contributed by atoms with Crippen molar-refractivity contribution in [1.29, 1.82) is 0 Å². The Morgan fingerprint density at radius 3 is 2.36 bits per heavy atom. The summed E-state index contributed by atoms with van der Waals surface area (Å²) in [7, 11) is 0. The molecule has 0 saturated carbocycles. The highest BCUT2D eigenvalue weighted by atomic mass is 35.5. The average Bonchev–Trinajstić information content (AvgIpc) is 3.42. The first-order valence-electron chi connectivity index (χ1n) is 9.92. The molecule has 0 atom stereocenters. The van der Waals surface area contributed by atoms with E-state index in [1.54, 1.807) is 0 Å². The topological polar surface area (TPSA) is 102 Å². The number of aromatic nitrogens is 3. The number of amides is 2. The van der Waals surface area contributed by atoms with Gasteiger partial charge in [-0.15, -0.1) is 0 Å². The molecule has 2 N–H and O–H groups in total. The molecule has 0 aliphatic rings. The fourth-order valence-corrected chi connectivity index (χ4v) is 3.63. The Kier molecular flexibility index (Phi) is 6.50. The maximum absolute atomic E-state index is 14.6. The summed E-state index contributed by atoms with van der Waals surface area (Å²) in [5, 5.41) is 7.03. The number of carbonyl (C=O) groups excluding carboxylic acids is 2. The van der Waals surface area contributed by atoms with Crippen LogP contribution in [0.1, 0.15) is 23.0 Å². The van der Waals surface area contributed by atoms with Gasteiger partial charge >= 0.3 is 6.18 Å². The SMILES string of the molecule is CC(=O)NNC(=O)c1c(-c2c(F)cccc2Cl)noc1-c1cnn(-c2ccccc2F)c1C(F)(F)F. The van der Waals surface area contributed by atoms with Crippen LogP contribution in [-0.2, 0) is 11.0 Å². The number of hydrazine groups is 1. The minimum atomic E-state index is -5.12. The van der Waals surface area contributed by atoms with Crippen LogP contribution in [0.25, 0.3) is 28.3 Å². The number of carbonyl (C=O) groups is 2. The quantitative estimate of drug-likeness (QED) is 0.291. The normalized spacial score (nSPS) is 11.4. The fourth-order valence-electron chi connectivity index (χ4n) is 3.38. The highest BCUT2D eigenvalue weighted by Gasteiger charge is 2.42. The van der Waals surface area contributed by atoms with Crippen LogP contribution < -0.4 is 10.9 Å². The molecule has 36 heavy (non-hydrogen) atoms. The van der Waals surface area contributed by atoms with E-state index < -0.39 is 69.2 Å². The molecule has 186 valence electrons. The zero-order chi connectivity index (χ0) is 26.2. The molecule has 0 radical (unpaired) electrons. The van der Waals surface area contributed by atoms with Crippen molar-refractivity contribution in [2.75, 3.05) is 0 Å². The molecule has 0 aliphatic heterocycles. The Labute approximate surface area is 203 Å². The Balaban J connectivity index is 2.00. The second kappa shape index (κ2) is 9.41. The van der Waals surface area contributed by atoms with E-state index in [1.807, 2.05) is 10.9 Å². The van der Waals surface area contributed by atoms with E-state index in [9.17, 15) is 31.5 Å². The van der Waals surface area contributed by atoms with Gasteiger partial charge in [-0.1, -0.05) is 35.0 Å². The van der Waals surface area contributed by atoms with Crippen LogP contribution in [0, 0.1) is 11.6 Å². The minimum Gasteiger partial charge on any atom is -0.355 e. The van der Waals surface area contributed by atoms with Crippen LogP contribution in [0.15, 0.2) is 53.2 Å². The van der Waals surface area contributed by atoms with Crippen molar-refractivity contribution in [2.24, 2.45) is 0 Å². The largest absolute Gasteiger partial charge is 0.434 e. The van der Waals surface area contributed by atoms with Crippen molar-refractivity contribution >= 4 is 23.4 Å². The Hall–Kier alpha value is -4.26. The zero-order valence-corrected chi connectivity index (χ0v) is 18.7. The number of benzene rings is 2. The zero-order valence-electron chi connectivity index (χ0n) is 18.0. The standard InChI is InChI=1S/C22H13ClF5N5O3/c1-10(34)30-31-21(35)17-18(16-12(23)5-4-7-14(16)25)32-36-19(17)11-9-29-33(20(11)22(26,27)28)15-8-3-2-6-13(15)24/h2-9H,1H3,(H,30,34)(H,31,35). The lowest BCUT2D eigenvalue weighted by molar-refractivity contribution is -0.142. The van der Waals surface area contributed by atoms with Crippen molar-refractivity contribution in [1.82, 2.24) is 25.8 Å². The lowest BCUT2D eigenvalue weighted by atomic mass is 10.0. The predicted octanol–water partition coefficient (Wildman–Crippen LogP) is 4.93. The first kappa shape index (κ1) is 24.9. The smallest absolute Gasteiger partial charge is 0.355 e. The summed E-state index contributed by atoms with van der Waals surface area (Å²) in [6.07, 6.45) is -4.43. The number of nitrogens with one attached hydrogen (secondary N) is 2. The maximum atomic E-state index is 14.6. The first-order chi connectivity index (χ1) is 17.0. The van der Waals surface area contributed by atoms with E-state index in [0.717, 1.165) is 25.1 Å². The highest BCUT2D eigenvalue weighted by molar-refractivity contribution is 6.33. The van der Waals surface area contributed by atoms with Gasteiger partial charge in [-0.3, -0.25) is 20.4 Å². The molecule has 2 aromatic heterocycles. The fraction of sp³-hybridized carbons (Fsp3) is 0.0909. The van der Waals surface area contributed by atoms with Crippen molar-refractivity contribution in [3.05, 3.63) is 76.6 Å². The van der Waals surface area contributed by atoms with Gasteiger partial charge in [0.2, 0.25) is 5.91 Å². The van der Waals surface area contributed by atoms with Gasteiger partial charge in [0.05, 0.1) is 22.3 Å². The predicted molar refractivity (Wildman–Crippen MR) is 116 cm³/mol. The van der Waals surface area contributed by atoms with Crippen molar-refractivity contribution < 1.29 is 36.1 Å². The highest BCUT2D eigenvalue weighted by Crippen LogP contribution is 2.43. The van der Waals surface area contributed by atoms with E-state index in [1.165, 1.54) is 24.3 Å². The maximum Gasteiger partial charge on any atom is 0.434 e. The molecule has 4 aromatic rings. The third kappa shape index (κ3) is 4.52. The number of nitrogens with zero attached hydrogens (tertiary/aromatic N) is 3. The minimum absolute atomic E-state index is 0.221. The Bertz CT molecular complexity index is 1460. The summed E-state index contributed by atoms with van der Waals surface area (Å²) in [4.78, 5) is 24.2. The van der Waals surface area contributed by atoms with Crippen molar-refractivity contribution in [2.45, 2.75) is 13.1 Å². The van der Waals surface area contributed by atoms with E-state index >= 15 is 0 Å². The molecule has 0 unspecified atom stereocenters. The van der Waals surface area contributed by atoms with E-state index in [0.29, 0.717) is 10.9 Å². The molecule has 0 fully saturated rings. The molecule has 14 heteroatoms. The van der Waals surface area contributed by atoms with Crippen LogP contribution in [0.2, 0.25) is 5.02 Å². The second-order valence-corrected chi connectivity index (χ2v) is 7.64. The van der Waals surface area contributed by atoms with Gasteiger partial charge < -0.3 is 4.52 Å². The summed E-state index contributed by atoms with van der Waals surface area (Å²) in [5.74, 6) is -4.63. The summed E-state index contributed by atoms with van der Waals surface area (Å²) in [6.45, 7) is 1.06. The summed E-state index contributed by atoms with van der Waals surface area (Å²) >= 11 is 6.07. The molecule has 0 bridgehead atoms. The summed E-state index contributed by atoms with van der Waals surface area (Å²) in [5.41, 5.74) is -0.533. The van der Waals surface area contributed by atoms with Gasteiger partial charge in [0.1, 0.15) is 28.6 Å². The number of hydrogen-bond acceptors (Lipinski definition) is 5. The van der Waals surface area contributed by atoms with Gasteiger partial charge in [-0.2, -0.15) is 18.3 Å². The second-order valence-electron chi connectivity index (χ2n) is 7.24. The molecule has 2 amide bonds. The molecule has 2 heterocycles. The van der Waals surface area contributed by atoms with Gasteiger partial charge in [-0.05, 0) is 24.3 Å².